The summed E-state index contributed by atoms with van der Waals surface area (Å²) in [6.45, 7) is 5.41. The minimum atomic E-state index is -0.755. The first-order valence-electron chi connectivity index (χ1n) is 11.1. The van der Waals surface area contributed by atoms with Crippen molar-refractivity contribution >= 4 is 11.8 Å². The number of carbonyl (C=O) groups is 2. The highest BCUT2D eigenvalue weighted by Crippen LogP contribution is 2.42. The number of nitrogens with one attached hydrogen (secondary N) is 1. The maximum absolute atomic E-state index is 13.8. The normalized spacial score (nSPS) is 26.1. The number of aromatic nitrogens is 2. The van der Waals surface area contributed by atoms with Gasteiger partial charge in [-0.2, -0.15) is 5.10 Å². The molecule has 2 heterocycles. The molecule has 1 N–H and O–H groups in total. The molecule has 1 aliphatic heterocycles. The van der Waals surface area contributed by atoms with Gasteiger partial charge in [-0.3, -0.25) is 14.3 Å². The number of amides is 2. The highest BCUT2D eigenvalue weighted by Gasteiger charge is 2.47. The van der Waals surface area contributed by atoms with Crippen LogP contribution in [0.5, 0.6) is 0 Å². The van der Waals surface area contributed by atoms with Crippen LogP contribution in [0.4, 0.5) is 0 Å². The third-order valence-corrected chi connectivity index (χ3v) is 7.46. The van der Waals surface area contributed by atoms with Crippen molar-refractivity contribution in [3.63, 3.8) is 0 Å². The molecule has 29 heavy (non-hydrogen) atoms. The zero-order valence-electron chi connectivity index (χ0n) is 18.1. The average Bonchev–Trinajstić information content (AvgIpc) is 3.26. The van der Waals surface area contributed by atoms with Gasteiger partial charge in [-0.15, -0.1) is 0 Å². The summed E-state index contributed by atoms with van der Waals surface area (Å²) in [7, 11) is 1.85. The number of nitrogens with zero attached hydrogens (tertiary/aromatic N) is 3. The number of hydrogen-bond acceptors (Lipinski definition) is 3. The van der Waals surface area contributed by atoms with E-state index in [2.05, 4.69) is 27.5 Å². The van der Waals surface area contributed by atoms with E-state index in [0.717, 1.165) is 63.7 Å². The van der Waals surface area contributed by atoms with E-state index in [1.165, 1.54) is 12.8 Å². The molecule has 2 amide bonds. The number of likely N-dealkylation sites (tertiary alicyclic amines) is 1. The predicted octanol–water partition coefficient (Wildman–Crippen LogP) is 3.43. The molecule has 0 bridgehead atoms. The molecule has 1 unspecified atom stereocenters. The molecule has 1 aromatic heterocycles. The van der Waals surface area contributed by atoms with E-state index in [-0.39, 0.29) is 17.2 Å². The van der Waals surface area contributed by atoms with Gasteiger partial charge in [0.05, 0.1) is 11.3 Å². The topological polar surface area (TPSA) is 67.2 Å². The zero-order chi connectivity index (χ0) is 20.6. The lowest BCUT2D eigenvalue weighted by Gasteiger charge is -2.46. The second-order valence-electron chi connectivity index (χ2n) is 9.46. The summed E-state index contributed by atoms with van der Waals surface area (Å²) in [5, 5.41) is 7.57. The smallest absolute Gasteiger partial charge is 0.255 e. The maximum atomic E-state index is 13.8. The summed E-state index contributed by atoms with van der Waals surface area (Å²) >= 11 is 0. The fourth-order valence-electron chi connectivity index (χ4n) is 5.75. The summed E-state index contributed by atoms with van der Waals surface area (Å²) in [6, 6.07) is 0. The zero-order valence-corrected chi connectivity index (χ0v) is 18.1. The van der Waals surface area contributed by atoms with Crippen molar-refractivity contribution in [2.75, 3.05) is 13.1 Å². The van der Waals surface area contributed by atoms with Gasteiger partial charge in [0.2, 0.25) is 5.91 Å². The number of carbonyl (C=O) groups excluding carboxylic acids is 2. The highest BCUT2D eigenvalue weighted by atomic mass is 16.2. The van der Waals surface area contributed by atoms with Crippen molar-refractivity contribution in [2.24, 2.45) is 12.5 Å². The molecule has 1 atom stereocenters. The summed E-state index contributed by atoms with van der Waals surface area (Å²) in [4.78, 5) is 29.0. The number of piperidine rings is 1. The van der Waals surface area contributed by atoms with Crippen LogP contribution in [0.2, 0.25) is 0 Å². The van der Waals surface area contributed by atoms with Crippen LogP contribution in [-0.4, -0.2) is 45.1 Å². The van der Waals surface area contributed by atoms with Gasteiger partial charge in [0.25, 0.3) is 5.91 Å². The fraction of sp³-hybridized carbons (Fsp3) is 0.696. The molecule has 158 valence electrons. The number of hydrogen-bond donors (Lipinski definition) is 1. The first-order valence-corrected chi connectivity index (χ1v) is 11.1. The predicted molar refractivity (Wildman–Crippen MR) is 113 cm³/mol. The Morgan fingerprint density at radius 2 is 1.83 bits per heavy atom. The Bertz CT molecular complexity index is 834. The van der Waals surface area contributed by atoms with Crippen LogP contribution >= 0.6 is 0 Å². The van der Waals surface area contributed by atoms with Crippen LogP contribution in [0.15, 0.2) is 12.2 Å². The first-order chi connectivity index (χ1) is 13.9. The Morgan fingerprint density at radius 1 is 1.07 bits per heavy atom. The van der Waals surface area contributed by atoms with E-state index in [9.17, 15) is 9.59 Å². The van der Waals surface area contributed by atoms with Crippen LogP contribution in [0, 0.1) is 19.3 Å². The van der Waals surface area contributed by atoms with Gasteiger partial charge in [-0.1, -0.05) is 25.0 Å². The molecule has 1 saturated carbocycles. The SMILES string of the molecule is Cc1nn(C)c(C)c1C(=O)NC1(C(=O)N2CCCC3(CC=CCC3)C2)CCCC1. The second kappa shape index (κ2) is 7.62. The largest absolute Gasteiger partial charge is 0.340 e. The molecule has 2 fully saturated rings. The minimum Gasteiger partial charge on any atom is -0.340 e. The Balaban J connectivity index is 1.55. The number of allylic oxidation sites excluding steroid dienone is 2. The second-order valence-corrected chi connectivity index (χ2v) is 9.46. The van der Waals surface area contributed by atoms with Crippen molar-refractivity contribution < 1.29 is 9.59 Å². The molecule has 6 heteroatoms. The van der Waals surface area contributed by atoms with Gasteiger partial charge >= 0.3 is 0 Å². The summed E-state index contributed by atoms with van der Waals surface area (Å²) in [5.74, 6) is -0.0214. The van der Waals surface area contributed by atoms with E-state index in [1.807, 2.05) is 20.9 Å². The van der Waals surface area contributed by atoms with Crippen LogP contribution < -0.4 is 5.32 Å². The van der Waals surface area contributed by atoms with Gasteiger partial charge in [0.15, 0.2) is 0 Å². The van der Waals surface area contributed by atoms with Gasteiger partial charge in [-0.25, -0.2) is 0 Å². The van der Waals surface area contributed by atoms with Crippen LogP contribution in [0.25, 0.3) is 0 Å². The highest BCUT2D eigenvalue weighted by molar-refractivity contribution is 6.01. The molecule has 0 radical (unpaired) electrons. The molecule has 2 aliphatic carbocycles. The van der Waals surface area contributed by atoms with E-state index in [4.69, 9.17) is 0 Å². The number of rotatable bonds is 3. The summed E-state index contributed by atoms with van der Waals surface area (Å²) < 4.78 is 1.73. The van der Waals surface area contributed by atoms with E-state index >= 15 is 0 Å². The molecule has 6 nitrogen and oxygen atoms in total. The van der Waals surface area contributed by atoms with Gasteiger partial charge in [0.1, 0.15) is 5.54 Å². The Labute approximate surface area is 173 Å². The third kappa shape index (κ3) is 3.62. The van der Waals surface area contributed by atoms with Crippen molar-refractivity contribution in [3.05, 3.63) is 29.1 Å². The van der Waals surface area contributed by atoms with Crippen molar-refractivity contribution in [3.8, 4) is 0 Å². The van der Waals surface area contributed by atoms with Gasteiger partial charge < -0.3 is 10.2 Å². The Morgan fingerprint density at radius 3 is 2.45 bits per heavy atom. The lowest BCUT2D eigenvalue weighted by Crippen LogP contribution is -2.60. The van der Waals surface area contributed by atoms with E-state index in [1.54, 1.807) is 4.68 Å². The van der Waals surface area contributed by atoms with Gasteiger partial charge in [-0.05, 0) is 64.2 Å². The molecule has 1 spiro atoms. The average molecular weight is 399 g/mol. The number of aryl methyl sites for hydroxylation is 2. The van der Waals surface area contributed by atoms with Crippen LogP contribution in [0.1, 0.15) is 79.5 Å². The molecular formula is C23H34N4O2. The van der Waals surface area contributed by atoms with Crippen molar-refractivity contribution in [2.45, 2.75) is 77.2 Å². The summed E-state index contributed by atoms with van der Waals surface area (Å²) in [6.07, 6.45) is 13.6. The fourth-order valence-corrected chi connectivity index (χ4v) is 5.75. The molecule has 1 aromatic rings. The monoisotopic (exact) mass is 398 g/mol. The molecule has 0 aromatic carbocycles. The van der Waals surface area contributed by atoms with Crippen LogP contribution in [-0.2, 0) is 11.8 Å². The van der Waals surface area contributed by atoms with Crippen LogP contribution in [0.3, 0.4) is 0 Å². The first kappa shape index (κ1) is 20.2. The van der Waals surface area contributed by atoms with Crippen molar-refractivity contribution in [1.82, 2.24) is 20.0 Å². The standard InChI is InChI=1S/C23H34N4O2/c1-17-19(18(2)26(3)25-17)20(28)24-23(13-7-8-14-23)21(29)27-15-9-12-22(16-27)10-5-4-6-11-22/h4-5H,6-16H2,1-3H3,(H,24,28). The molecule has 1 saturated heterocycles. The Kier molecular flexibility index (Phi) is 5.30. The summed E-state index contributed by atoms with van der Waals surface area (Å²) in [5.41, 5.74) is 1.65. The Hall–Kier alpha value is -2.11. The van der Waals surface area contributed by atoms with Crippen molar-refractivity contribution in [1.29, 1.82) is 0 Å². The molecule has 4 rings (SSSR count). The van der Waals surface area contributed by atoms with E-state index in [0.29, 0.717) is 11.3 Å². The maximum Gasteiger partial charge on any atom is 0.255 e. The molecule has 3 aliphatic rings. The third-order valence-electron chi connectivity index (χ3n) is 7.46. The minimum absolute atomic E-state index is 0.135. The quantitative estimate of drug-likeness (QED) is 0.793. The molecular weight excluding hydrogens is 364 g/mol. The lowest BCUT2D eigenvalue weighted by atomic mass is 9.71. The lowest BCUT2D eigenvalue weighted by molar-refractivity contribution is -0.141. The van der Waals surface area contributed by atoms with Gasteiger partial charge in [0, 0.05) is 25.8 Å². The van der Waals surface area contributed by atoms with E-state index < -0.39 is 5.54 Å².